The van der Waals surface area contributed by atoms with Gasteiger partial charge in [0.1, 0.15) is 5.82 Å². The van der Waals surface area contributed by atoms with Crippen LogP contribution in [-0.2, 0) is 6.42 Å². The van der Waals surface area contributed by atoms with Gasteiger partial charge in [0.05, 0.1) is 12.5 Å². The summed E-state index contributed by atoms with van der Waals surface area (Å²) in [6.45, 7) is 3.80. The molecule has 0 fully saturated rings. The normalized spacial score (nSPS) is 11.7. The zero-order valence-corrected chi connectivity index (χ0v) is 11.0. The Kier molecular flexibility index (Phi) is 4.67. The van der Waals surface area contributed by atoms with Crippen LogP contribution in [0.4, 0.5) is 5.82 Å². The van der Waals surface area contributed by atoms with Gasteiger partial charge in [-0.05, 0) is 25.5 Å². The molecule has 1 aromatic rings. The molecule has 0 radical (unpaired) electrons. The first-order valence-electron chi connectivity index (χ1n) is 5.90. The molecule has 1 amide bonds. The molecule has 96 valence electrons. The monoisotopic (exact) mass is 246 g/mol. The number of rotatable bonds is 4. The van der Waals surface area contributed by atoms with Gasteiger partial charge in [-0.15, -0.1) is 0 Å². The molecule has 0 aromatic carbocycles. The summed E-state index contributed by atoms with van der Waals surface area (Å²) in [4.78, 5) is 17.9. The van der Waals surface area contributed by atoms with Crippen LogP contribution in [0.1, 0.15) is 36.3 Å². The minimum Gasteiger partial charge on any atom is -0.384 e. The number of carbonyl (C=O) groups excluding carboxylic acids is 1. The van der Waals surface area contributed by atoms with Crippen molar-refractivity contribution in [2.45, 2.75) is 32.7 Å². The number of carbonyl (C=O) groups is 1. The first-order valence-corrected chi connectivity index (χ1v) is 5.90. The zero-order chi connectivity index (χ0) is 13.7. The van der Waals surface area contributed by atoms with Gasteiger partial charge in [0.15, 0.2) is 0 Å². The molecular formula is C13H18N4O. The first kappa shape index (κ1) is 14.0. The number of pyridine rings is 1. The molecule has 0 aliphatic carbocycles. The number of anilines is 1. The molecule has 0 aliphatic heterocycles. The van der Waals surface area contributed by atoms with Gasteiger partial charge in [-0.3, -0.25) is 4.79 Å². The van der Waals surface area contributed by atoms with Crippen LogP contribution in [0.15, 0.2) is 12.1 Å². The fourth-order valence-corrected chi connectivity index (χ4v) is 1.59. The molecule has 1 rings (SSSR count). The molecule has 1 atom stereocenters. The first-order chi connectivity index (χ1) is 8.49. The van der Waals surface area contributed by atoms with Gasteiger partial charge in [-0.1, -0.05) is 6.92 Å². The summed E-state index contributed by atoms with van der Waals surface area (Å²) in [6, 6.07) is 5.25. The van der Waals surface area contributed by atoms with Crippen molar-refractivity contribution >= 4 is 11.7 Å². The third-order valence-electron chi connectivity index (χ3n) is 2.88. The van der Waals surface area contributed by atoms with Crippen LogP contribution >= 0.6 is 0 Å². The fraction of sp³-hybridized carbons (Fsp3) is 0.462. The lowest BCUT2D eigenvalue weighted by atomic mass is 10.1. The van der Waals surface area contributed by atoms with E-state index in [9.17, 15) is 4.79 Å². The van der Waals surface area contributed by atoms with E-state index in [0.717, 1.165) is 12.1 Å². The highest BCUT2D eigenvalue weighted by Gasteiger charge is 2.18. The van der Waals surface area contributed by atoms with Gasteiger partial charge in [-0.2, -0.15) is 5.26 Å². The molecule has 2 N–H and O–H groups in total. The minimum atomic E-state index is -0.137. The van der Waals surface area contributed by atoms with E-state index in [0.29, 0.717) is 17.8 Å². The van der Waals surface area contributed by atoms with E-state index in [2.05, 4.69) is 11.1 Å². The molecule has 0 spiro atoms. The number of amides is 1. The lowest BCUT2D eigenvalue weighted by Gasteiger charge is -2.23. The van der Waals surface area contributed by atoms with E-state index in [1.165, 1.54) is 0 Å². The number of nitrogens with two attached hydrogens (primary N) is 1. The zero-order valence-electron chi connectivity index (χ0n) is 11.0. The van der Waals surface area contributed by atoms with Crippen molar-refractivity contribution in [2.24, 2.45) is 0 Å². The molecule has 1 heterocycles. The number of hydrogen-bond acceptors (Lipinski definition) is 4. The molecule has 0 saturated heterocycles. The van der Waals surface area contributed by atoms with Crippen LogP contribution in [0.3, 0.4) is 0 Å². The second-order valence-corrected chi connectivity index (χ2v) is 4.25. The van der Waals surface area contributed by atoms with Crippen LogP contribution in [-0.4, -0.2) is 28.9 Å². The summed E-state index contributed by atoms with van der Waals surface area (Å²) in [5.41, 5.74) is 6.98. The Morgan fingerprint density at radius 1 is 1.61 bits per heavy atom. The van der Waals surface area contributed by atoms with E-state index >= 15 is 0 Å². The Morgan fingerprint density at radius 3 is 2.83 bits per heavy atom. The molecular weight excluding hydrogens is 228 g/mol. The number of nitrogen functional groups attached to an aromatic ring is 1. The van der Waals surface area contributed by atoms with Crippen molar-refractivity contribution in [3.8, 4) is 6.07 Å². The average Bonchev–Trinajstić information content (AvgIpc) is 2.36. The summed E-state index contributed by atoms with van der Waals surface area (Å²) in [7, 11) is 1.69. The molecule has 0 aliphatic rings. The van der Waals surface area contributed by atoms with Crippen LogP contribution in [0.25, 0.3) is 0 Å². The smallest absolute Gasteiger partial charge is 0.254 e. The van der Waals surface area contributed by atoms with Crippen molar-refractivity contribution in [2.75, 3.05) is 12.8 Å². The predicted molar refractivity (Wildman–Crippen MR) is 69.8 cm³/mol. The van der Waals surface area contributed by atoms with E-state index < -0.39 is 0 Å². The highest BCUT2D eigenvalue weighted by molar-refractivity contribution is 5.95. The summed E-state index contributed by atoms with van der Waals surface area (Å²) >= 11 is 0. The van der Waals surface area contributed by atoms with Crippen molar-refractivity contribution in [1.82, 2.24) is 9.88 Å². The maximum atomic E-state index is 12.2. The number of nitriles is 1. The van der Waals surface area contributed by atoms with E-state index in [4.69, 9.17) is 11.0 Å². The number of hydrogen-bond donors (Lipinski definition) is 1. The number of aromatic nitrogens is 1. The average molecular weight is 246 g/mol. The third kappa shape index (κ3) is 3.20. The minimum absolute atomic E-state index is 0.123. The topological polar surface area (TPSA) is 83.0 Å². The molecule has 5 heteroatoms. The Morgan fingerprint density at radius 2 is 2.28 bits per heavy atom. The van der Waals surface area contributed by atoms with Crippen molar-refractivity contribution in [3.63, 3.8) is 0 Å². The Labute approximate surface area is 107 Å². The van der Waals surface area contributed by atoms with Gasteiger partial charge in [0.2, 0.25) is 0 Å². The maximum Gasteiger partial charge on any atom is 0.254 e. The van der Waals surface area contributed by atoms with Crippen molar-refractivity contribution in [3.05, 3.63) is 23.4 Å². The number of aryl methyl sites for hydroxylation is 1. The molecule has 1 aromatic heterocycles. The van der Waals surface area contributed by atoms with Crippen LogP contribution < -0.4 is 5.73 Å². The highest BCUT2D eigenvalue weighted by Crippen LogP contribution is 2.13. The van der Waals surface area contributed by atoms with Gasteiger partial charge < -0.3 is 10.6 Å². The molecule has 1 unspecified atom stereocenters. The number of nitrogens with zero attached hydrogens (tertiary/aromatic N) is 3. The van der Waals surface area contributed by atoms with Crippen LogP contribution in [0.2, 0.25) is 0 Å². The SMILES string of the molecule is CCc1cc(C(=O)N(C)C(C)CC#N)cc(N)n1. The maximum absolute atomic E-state index is 12.2. The Bertz CT molecular complexity index is 478. The Balaban J connectivity index is 2.96. The molecule has 18 heavy (non-hydrogen) atoms. The lowest BCUT2D eigenvalue weighted by molar-refractivity contribution is 0.0746. The second-order valence-electron chi connectivity index (χ2n) is 4.25. The standard InChI is InChI=1S/C13H18N4O/c1-4-11-7-10(8-12(15)16-11)13(18)17(3)9(2)5-6-14/h7-9H,4-5H2,1-3H3,(H2,15,16). The van der Waals surface area contributed by atoms with Gasteiger partial charge >= 0.3 is 0 Å². The lowest BCUT2D eigenvalue weighted by Crippen LogP contribution is -2.35. The fourth-order valence-electron chi connectivity index (χ4n) is 1.59. The van der Waals surface area contributed by atoms with Crippen LogP contribution in [0, 0.1) is 11.3 Å². The van der Waals surface area contributed by atoms with E-state index in [1.54, 1.807) is 24.1 Å². The summed E-state index contributed by atoms with van der Waals surface area (Å²) in [5, 5.41) is 8.65. The molecule has 0 bridgehead atoms. The molecule has 0 saturated carbocycles. The van der Waals surface area contributed by atoms with E-state index in [1.807, 2.05) is 13.8 Å². The summed E-state index contributed by atoms with van der Waals surface area (Å²) < 4.78 is 0. The second kappa shape index (κ2) is 6.01. The molecule has 5 nitrogen and oxygen atoms in total. The summed E-state index contributed by atoms with van der Waals surface area (Å²) in [5.74, 6) is 0.209. The largest absolute Gasteiger partial charge is 0.384 e. The van der Waals surface area contributed by atoms with Gasteiger partial charge in [-0.25, -0.2) is 4.98 Å². The summed E-state index contributed by atoms with van der Waals surface area (Å²) in [6.07, 6.45) is 1.03. The highest BCUT2D eigenvalue weighted by atomic mass is 16.2. The Hall–Kier alpha value is -2.09. The van der Waals surface area contributed by atoms with E-state index in [-0.39, 0.29) is 11.9 Å². The quantitative estimate of drug-likeness (QED) is 0.874. The predicted octanol–water partition coefficient (Wildman–Crippen LogP) is 1.60. The van der Waals surface area contributed by atoms with Crippen LogP contribution in [0.5, 0.6) is 0 Å². The van der Waals surface area contributed by atoms with Gasteiger partial charge in [0.25, 0.3) is 5.91 Å². The van der Waals surface area contributed by atoms with Crippen molar-refractivity contribution < 1.29 is 4.79 Å². The van der Waals surface area contributed by atoms with Crippen molar-refractivity contribution in [1.29, 1.82) is 5.26 Å². The third-order valence-corrected chi connectivity index (χ3v) is 2.88. The van der Waals surface area contributed by atoms with Gasteiger partial charge in [0, 0.05) is 24.3 Å².